The van der Waals surface area contributed by atoms with Gasteiger partial charge >= 0.3 is 5.97 Å². The molecule has 0 radical (unpaired) electrons. The summed E-state index contributed by atoms with van der Waals surface area (Å²) in [7, 11) is 3.40. The molecule has 0 unspecified atom stereocenters. The molecule has 0 atom stereocenters. The van der Waals surface area contributed by atoms with E-state index in [0.29, 0.717) is 5.56 Å². The van der Waals surface area contributed by atoms with Crippen LogP contribution in [0, 0.1) is 0 Å². The molecule has 4 nitrogen and oxygen atoms in total. The Hall–Kier alpha value is -2.15. The van der Waals surface area contributed by atoms with Crippen molar-refractivity contribution < 1.29 is 43.2 Å². The molecule has 136 valence electrons. The number of ether oxygens (including phenoxy) is 1. The first-order valence-corrected chi connectivity index (χ1v) is 8.16. The van der Waals surface area contributed by atoms with Crippen molar-refractivity contribution in [3.8, 4) is 5.75 Å². The first kappa shape index (κ1) is 20.2. The van der Waals surface area contributed by atoms with E-state index in [1.807, 2.05) is 43.5 Å². The van der Waals surface area contributed by atoms with E-state index in [9.17, 15) is 9.90 Å². The number of phenols is 1. The number of nitrogens with zero attached hydrogens (tertiary/aromatic N) is 1. The fourth-order valence-corrected chi connectivity index (χ4v) is 3.38. The van der Waals surface area contributed by atoms with Gasteiger partial charge in [0.2, 0.25) is 5.69 Å². The number of allylic oxidation sites excluding steroid dienone is 1. The molecule has 0 saturated heterocycles. The third-order valence-corrected chi connectivity index (χ3v) is 4.81. The highest BCUT2D eigenvalue weighted by atomic mass is 127. The molecule has 0 aromatic heterocycles. The number of phenolic OH excluding ortho intramolecular Hbond substituents is 1. The minimum Gasteiger partial charge on any atom is -1.00 e. The lowest BCUT2D eigenvalue weighted by Gasteiger charge is -2.16. The molecule has 1 N–H and O–H groups in total. The van der Waals surface area contributed by atoms with Crippen LogP contribution in [-0.2, 0) is 10.2 Å². The summed E-state index contributed by atoms with van der Waals surface area (Å²) in [5.74, 6) is -0.0808. The molecule has 2 aromatic rings. The van der Waals surface area contributed by atoms with Crippen molar-refractivity contribution in [3.05, 3.63) is 65.2 Å². The number of hydrogen-bond acceptors (Lipinski definition) is 3. The zero-order chi connectivity index (χ0) is 18.2. The lowest BCUT2D eigenvalue weighted by atomic mass is 9.80. The Morgan fingerprint density at radius 2 is 1.85 bits per heavy atom. The van der Waals surface area contributed by atoms with E-state index < -0.39 is 0 Å². The summed E-state index contributed by atoms with van der Waals surface area (Å²) in [5, 5.41) is 9.95. The van der Waals surface area contributed by atoms with Crippen molar-refractivity contribution in [2.75, 3.05) is 14.2 Å². The Morgan fingerprint density at radius 1 is 1.15 bits per heavy atom. The van der Waals surface area contributed by atoms with Gasteiger partial charge in [-0.05, 0) is 38.1 Å². The zero-order valence-electron chi connectivity index (χ0n) is 15.3. The molecule has 0 fully saturated rings. The fourth-order valence-electron chi connectivity index (χ4n) is 3.38. The normalized spacial score (nSPS) is 14.9. The number of fused-ring (bicyclic) bond motifs is 1. The number of aromatic hydroxyl groups is 1. The van der Waals surface area contributed by atoms with Gasteiger partial charge in [0.15, 0.2) is 5.71 Å². The summed E-state index contributed by atoms with van der Waals surface area (Å²) in [6, 6.07) is 12.9. The number of esters is 1. The van der Waals surface area contributed by atoms with Crippen LogP contribution in [0.25, 0.3) is 6.08 Å². The quantitative estimate of drug-likeness (QED) is 0.418. The Bertz CT molecular complexity index is 913. The van der Waals surface area contributed by atoms with Gasteiger partial charge < -0.3 is 33.8 Å². The maximum Gasteiger partial charge on any atom is 0.337 e. The van der Waals surface area contributed by atoms with Crippen LogP contribution in [0.5, 0.6) is 5.75 Å². The highest BCUT2D eigenvalue weighted by Gasteiger charge is 2.43. The van der Waals surface area contributed by atoms with Crippen molar-refractivity contribution in [3.63, 3.8) is 0 Å². The summed E-state index contributed by atoms with van der Waals surface area (Å²) in [6.45, 7) is 4.25. The zero-order valence-corrected chi connectivity index (χ0v) is 17.4. The number of carbonyl (C=O) groups excluding carboxylic acids is 1. The van der Waals surface area contributed by atoms with E-state index in [-0.39, 0.29) is 41.1 Å². The molecule has 0 amide bonds. The predicted molar refractivity (Wildman–Crippen MR) is 98.8 cm³/mol. The van der Waals surface area contributed by atoms with Crippen LogP contribution in [-0.4, -0.2) is 35.5 Å². The SMILES string of the molecule is COC(=O)c1ccc2c(c1)C(C)(C)C(/C=C/c1ccccc1O)=[N+]2C.[I-]. The Kier molecular flexibility index (Phi) is 5.91. The Labute approximate surface area is 170 Å². The summed E-state index contributed by atoms with van der Waals surface area (Å²) in [6.07, 6.45) is 3.93. The largest absolute Gasteiger partial charge is 1.00 e. The molecule has 5 heteroatoms. The minimum absolute atomic E-state index is 0. The van der Waals surface area contributed by atoms with E-state index in [1.54, 1.807) is 18.2 Å². The molecule has 3 rings (SSSR count). The second-order valence-electron chi connectivity index (χ2n) is 6.68. The number of halogens is 1. The van der Waals surface area contributed by atoms with Crippen molar-refractivity contribution in [2.24, 2.45) is 0 Å². The summed E-state index contributed by atoms with van der Waals surface area (Å²) in [4.78, 5) is 11.9. The molecule has 1 aliphatic heterocycles. The summed E-state index contributed by atoms with van der Waals surface area (Å²) in [5.41, 5.74) is 4.28. The predicted octanol–water partition coefficient (Wildman–Crippen LogP) is 0.902. The molecular weight excluding hydrogens is 441 g/mol. The Morgan fingerprint density at radius 3 is 2.50 bits per heavy atom. The van der Waals surface area contributed by atoms with Crippen molar-refractivity contribution >= 4 is 23.4 Å². The van der Waals surface area contributed by atoms with E-state index in [2.05, 4.69) is 18.4 Å². The second-order valence-corrected chi connectivity index (χ2v) is 6.68. The first-order chi connectivity index (χ1) is 11.9. The van der Waals surface area contributed by atoms with Gasteiger partial charge in [-0.1, -0.05) is 18.2 Å². The smallest absolute Gasteiger partial charge is 0.337 e. The van der Waals surface area contributed by atoms with Gasteiger partial charge in [0.05, 0.1) is 18.1 Å². The van der Waals surface area contributed by atoms with E-state index in [4.69, 9.17) is 4.74 Å². The lowest BCUT2D eigenvalue weighted by molar-refractivity contribution is -0.401. The van der Waals surface area contributed by atoms with Crippen LogP contribution < -0.4 is 24.0 Å². The number of carbonyl (C=O) groups is 1. The number of benzene rings is 2. The van der Waals surface area contributed by atoms with Gasteiger partial charge in [0, 0.05) is 23.3 Å². The molecule has 1 heterocycles. The number of hydrogen-bond donors (Lipinski definition) is 1. The Balaban J connectivity index is 0.00000243. The third kappa shape index (κ3) is 3.40. The van der Waals surface area contributed by atoms with E-state index in [1.165, 1.54) is 7.11 Å². The van der Waals surface area contributed by atoms with Crippen LogP contribution in [0.15, 0.2) is 48.5 Å². The minimum atomic E-state index is -0.334. The average molecular weight is 463 g/mol. The maximum atomic E-state index is 11.9. The topological polar surface area (TPSA) is 49.5 Å². The summed E-state index contributed by atoms with van der Waals surface area (Å²) < 4.78 is 6.95. The molecule has 0 saturated carbocycles. The van der Waals surface area contributed by atoms with Gasteiger partial charge in [0.25, 0.3) is 0 Å². The average Bonchev–Trinajstić information content (AvgIpc) is 2.80. The molecule has 0 aliphatic carbocycles. The monoisotopic (exact) mass is 463 g/mol. The number of para-hydroxylation sites is 1. The molecule has 0 bridgehead atoms. The van der Waals surface area contributed by atoms with E-state index in [0.717, 1.165) is 22.5 Å². The van der Waals surface area contributed by atoms with Crippen LogP contribution in [0.4, 0.5) is 5.69 Å². The molecular formula is C21H22INO3. The number of rotatable bonds is 3. The maximum absolute atomic E-state index is 11.9. The van der Waals surface area contributed by atoms with Gasteiger partial charge in [-0.3, -0.25) is 0 Å². The molecule has 2 aromatic carbocycles. The van der Waals surface area contributed by atoms with Crippen LogP contribution in [0.1, 0.15) is 35.3 Å². The van der Waals surface area contributed by atoms with Crippen LogP contribution in [0.3, 0.4) is 0 Å². The molecule has 26 heavy (non-hydrogen) atoms. The van der Waals surface area contributed by atoms with Gasteiger partial charge in [-0.15, -0.1) is 0 Å². The van der Waals surface area contributed by atoms with Crippen molar-refractivity contribution in [1.29, 1.82) is 0 Å². The van der Waals surface area contributed by atoms with Gasteiger partial charge in [0.1, 0.15) is 12.8 Å². The van der Waals surface area contributed by atoms with Gasteiger partial charge in [-0.2, -0.15) is 4.58 Å². The van der Waals surface area contributed by atoms with Crippen LogP contribution in [0.2, 0.25) is 0 Å². The van der Waals surface area contributed by atoms with Gasteiger partial charge in [-0.25, -0.2) is 4.79 Å². The highest BCUT2D eigenvalue weighted by molar-refractivity contribution is 6.06. The highest BCUT2D eigenvalue weighted by Crippen LogP contribution is 2.40. The van der Waals surface area contributed by atoms with Crippen LogP contribution >= 0.6 is 0 Å². The number of methoxy groups -OCH3 is 1. The fraction of sp³-hybridized carbons (Fsp3) is 0.238. The second kappa shape index (κ2) is 7.61. The van der Waals surface area contributed by atoms with Crippen molar-refractivity contribution in [2.45, 2.75) is 19.3 Å². The standard InChI is InChI=1S/C21H21NO3.HI/c1-21(2)16-13-15(20(24)25-4)9-11-17(16)22(3)19(21)12-10-14-7-5-6-8-18(14)23;/h5-13H,1-4H3;1H. The van der Waals surface area contributed by atoms with E-state index >= 15 is 0 Å². The molecule has 0 spiro atoms. The lowest BCUT2D eigenvalue weighted by Crippen LogP contribution is -3.00. The molecule has 1 aliphatic rings. The van der Waals surface area contributed by atoms with Crippen molar-refractivity contribution in [1.82, 2.24) is 0 Å². The first-order valence-electron chi connectivity index (χ1n) is 8.16. The third-order valence-electron chi connectivity index (χ3n) is 4.81. The summed E-state index contributed by atoms with van der Waals surface area (Å²) >= 11 is 0.